The molecule has 0 aliphatic heterocycles. The molecule has 0 saturated carbocycles. The van der Waals surface area contributed by atoms with Crippen molar-refractivity contribution in [2.75, 3.05) is 4.90 Å². The molecule has 0 saturated heterocycles. The lowest BCUT2D eigenvalue weighted by atomic mass is 9.70. The van der Waals surface area contributed by atoms with Crippen LogP contribution in [0.25, 0.3) is 44.2 Å². The Labute approximate surface area is 313 Å². The van der Waals surface area contributed by atoms with Crippen LogP contribution in [0.4, 0.5) is 17.1 Å². The molecule has 0 bridgehead atoms. The maximum Gasteiger partial charge on any atom is 0.0726 e. The van der Waals surface area contributed by atoms with Gasteiger partial charge in [0, 0.05) is 26.6 Å². The molecular weight excluding hydrogens is 694 g/mol. The largest absolute Gasteiger partial charge is 0.310 e. The van der Waals surface area contributed by atoms with Crippen LogP contribution in [0, 0.1) is 0 Å². The standard InChI is InChI=1S/C50H34BrN/c1-49(2)41-21-11-8-16-34(41)36-27-25-33(29-44(36)49)52(32-14-4-3-5-15-32)47-30-46-48(39-19-7-6-18-38(39)47)40-20-10-13-23-43(40)50(46)42-22-12-9-17-35(42)37-26-24-31(51)28-45(37)50/h3-30H,1-2H3. The van der Waals surface area contributed by atoms with Gasteiger partial charge in [-0.3, -0.25) is 0 Å². The first-order valence-corrected chi connectivity index (χ1v) is 18.9. The summed E-state index contributed by atoms with van der Waals surface area (Å²) >= 11 is 3.89. The normalized spacial score (nSPS) is 16.6. The molecule has 1 unspecified atom stereocenters. The lowest BCUT2D eigenvalue weighted by Crippen LogP contribution is -2.26. The zero-order valence-corrected chi connectivity index (χ0v) is 30.6. The number of fused-ring (bicyclic) bond motifs is 15. The molecule has 0 radical (unpaired) electrons. The van der Waals surface area contributed by atoms with Gasteiger partial charge in [-0.05, 0) is 115 Å². The highest BCUT2D eigenvalue weighted by Gasteiger charge is 2.52. The third-order valence-electron chi connectivity index (χ3n) is 12.1. The Hall–Kier alpha value is -5.70. The van der Waals surface area contributed by atoms with Gasteiger partial charge in [0.2, 0.25) is 0 Å². The second kappa shape index (κ2) is 10.7. The van der Waals surface area contributed by atoms with Gasteiger partial charge in [0.05, 0.1) is 11.1 Å². The number of para-hydroxylation sites is 1. The average Bonchev–Trinajstić information content (AvgIpc) is 3.74. The van der Waals surface area contributed by atoms with E-state index in [9.17, 15) is 0 Å². The van der Waals surface area contributed by atoms with E-state index in [1.54, 1.807) is 0 Å². The number of rotatable bonds is 3. The highest BCUT2D eigenvalue weighted by Crippen LogP contribution is 2.65. The summed E-state index contributed by atoms with van der Waals surface area (Å²) in [4.78, 5) is 2.50. The quantitative estimate of drug-likeness (QED) is 0.175. The molecule has 0 amide bonds. The number of halogens is 1. The summed E-state index contributed by atoms with van der Waals surface area (Å²) in [5, 5.41) is 2.51. The van der Waals surface area contributed by atoms with Crippen molar-refractivity contribution in [1.29, 1.82) is 0 Å². The maximum atomic E-state index is 3.89. The molecule has 2 heteroatoms. The van der Waals surface area contributed by atoms with Crippen LogP contribution in [-0.4, -0.2) is 0 Å². The van der Waals surface area contributed by atoms with Gasteiger partial charge in [0.15, 0.2) is 0 Å². The van der Waals surface area contributed by atoms with Gasteiger partial charge in [-0.25, -0.2) is 0 Å². The van der Waals surface area contributed by atoms with Crippen molar-refractivity contribution in [3.05, 3.63) is 208 Å². The Morgan fingerprint density at radius 1 is 0.404 bits per heavy atom. The van der Waals surface area contributed by atoms with Crippen LogP contribution in [0.2, 0.25) is 0 Å². The van der Waals surface area contributed by atoms with E-state index in [0.29, 0.717) is 0 Å². The van der Waals surface area contributed by atoms with Crippen LogP contribution in [-0.2, 0) is 10.8 Å². The van der Waals surface area contributed by atoms with Crippen LogP contribution in [0.15, 0.2) is 174 Å². The van der Waals surface area contributed by atoms with Gasteiger partial charge in [0.25, 0.3) is 0 Å². The number of nitrogens with zero attached hydrogens (tertiary/aromatic N) is 1. The molecule has 1 spiro atoms. The smallest absolute Gasteiger partial charge is 0.0726 e. The van der Waals surface area contributed by atoms with Gasteiger partial charge in [-0.15, -0.1) is 0 Å². The van der Waals surface area contributed by atoms with E-state index in [4.69, 9.17) is 0 Å². The zero-order valence-electron chi connectivity index (χ0n) is 29.0. The predicted molar refractivity (Wildman–Crippen MR) is 220 cm³/mol. The van der Waals surface area contributed by atoms with Crippen molar-refractivity contribution in [1.82, 2.24) is 0 Å². The van der Waals surface area contributed by atoms with Gasteiger partial charge < -0.3 is 4.90 Å². The Morgan fingerprint density at radius 2 is 0.962 bits per heavy atom. The Kier molecular flexibility index (Phi) is 6.15. The van der Waals surface area contributed by atoms with Crippen molar-refractivity contribution in [2.24, 2.45) is 0 Å². The van der Waals surface area contributed by atoms with Crippen molar-refractivity contribution in [2.45, 2.75) is 24.7 Å². The van der Waals surface area contributed by atoms with E-state index < -0.39 is 5.41 Å². The molecule has 0 fully saturated rings. The molecule has 0 aromatic heterocycles. The third-order valence-corrected chi connectivity index (χ3v) is 12.6. The zero-order chi connectivity index (χ0) is 34.8. The highest BCUT2D eigenvalue weighted by atomic mass is 79.9. The van der Waals surface area contributed by atoms with E-state index in [1.165, 1.54) is 83.2 Å². The van der Waals surface area contributed by atoms with E-state index in [2.05, 4.69) is 205 Å². The van der Waals surface area contributed by atoms with Crippen LogP contribution in [0.3, 0.4) is 0 Å². The minimum Gasteiger partial charge on any atom is -0.310 e. The molecule has 3 aliphatic carbocycles. The number of hydrogen-bond acceptors (Lipinski definition) is 1. The maximum absolute atomic E-state index is 3.89. The Morgan fingerprint density at radius 3 is 1.73 bits per heavy atom. The minimum absolute atomic E-state index is 0.110. The molecule has 1 nitrogen and oxygen atoms in total. The van der Waals surface area contributed by atoms with Crippen molar-refractivity contribution in [3.8, 4) is 33.4 Å². The van der Waals surface area contributed by atoms with E-state index in [1.807, 2.05) is 0 Å². The van der Waals surface area contributed by atoms with Crippen LogP contribution in [0.1, 0.15) is 47.2 Å². The molecule has 8 aromatic carbocycles. The lowest BCUT2D eigenvalue weighted by molar-refractivity contribution is 0.660. The number of hydrogen-bond donors (Lipinski definition) is 0. The van der Waals surface area contributed by atoms with Crippen LogP contribution in [0.5, 0.6) is 0 Å². The second-order valence-corrected chi connectivity index (χ2v) is 15.9. The van der Waals surface area contributed by atoms with Gasteiger partial charge in [-0.1, -0.05) is 157 Å². The fraction of sp³-hybridized carbons (Fsp3) is 0.0800. The SMILES string of the molecule is CC1(C)c2ccccc2-c2ccc(N(c3ccccc3)c3cc4c(c5ccccc35)-c3ccccc3C43c4ccccc4-c4ccc(Br)cc43)cc21. The molecule has 0 N–H and O–H groups in total. The second-order valence-electron chi connectivity index (χ2n) is 15.0. The van der Waals surface area contributed by atoms with Crippen LogP contribution < -0.4 is 4.90 Å². The predicted octanol–water partition coefficient (Wildman–Crippen LogP) is 13.7. The van der Waals surface area contributed by atoms with Gasteiger partial charge >= 0.3 is 0 Å². The average molecular weight is 729 g/mol. The molecule has 246 valence electrons. The fourth-order valence-electron chi connectivity index (χ4n) is 9.97. The summed E-state index contributed by atoms with van der Waals surface area (Å²) in [5.74, 6) is 0. The number of anilines is 3. The molecule has 52 heavy (non-hydrogen) atoms. The first-order chi connectivity index (χ1) is 25.5. The van der Waals surface area contributed by atoms with Crippen molar-refractivity contribution < 1.29 is 0 Å². The Balaban J connectivity index is 1.26. The molecule has 11 rings (SSSR count). The summed E-state index contributed by atoms with van der Waals surface area (Å²) < 4.78 is 1.10. The first-order valence-electron chi connectivity index (χ1n) is 18.1. The monoisotopic (exact) mass is 727 g/mol. The highest BCUT2D eigenvalue weighted by molar-refractivity contribution is 9.10. The topological polar surface area (TPSA) is 3.24 Å². The summed E-state index contributed by atoms with van der Waals surface area (Å²) in [5.41, 5.74) is 18.9. The van der Waals surface area contributed by atoms with E-state index in [-0.39, 0.29) is 5.41 Å². The fourth-order valence-corrected chi connectivity index (χ4v) is 10.3. The van der Waals surface area contributed by atoms with Gasteiger partial charge in [0.1, 0.15) is 0 Å². The third kappa shape index (κ3) is 3.78. The first kappa shape index (κ1) is 30.0. The van der Waals surface area contributed by atoms with Gasteiger partial charge in [-0.2, -0.15) is 0 Å². The molecular formula is C50H34BrN. The van der Waals surface area contributed by atoms with Crippen molar-refractivity contribution >= 4 is 43.8 Å². The lowest BCUT2D eigenvalue weighted by Gasteiger charge is -2.33. The van der Waals surface area contributed by atoms with E-state index in [0.717, 1.165) is 15.8 Å². The Bertz CT molecular complexity index is 2790. The summed E-state index contributed by atoms with van der Waals surface area (Å²) in [6.45, 7) is 4.74. The molecule has 1 atom stereocenters. The van der Waals surface area contributed by atoms with Crippen LogP contribution >= 0.6 is 15.9 Å². The molecule has 0 heterocycles. The summed E-state index contributed by atoms with van der Waals surface area (Å²) in [6.07, 6.45) is 0. The molecule has 3 aliphatic rings. The van der Waals surface area contributed by atoms with Crippen molar-refractivity contribution in [3.63, 3.8) is 0 Å². The minimum atomic E-state index is -0.468. The number of benzene rings is 8. The summed E-state index contributed by atoms with van der Waals surface area (Å²) in [6, 6.07) is 63.6. The van der Waals surface area contributed by atoms with E-state index >= 15 is 0 Å². The molecule has 8 aromatic rings. The summed E-state index contributed by atoms with van der Waals surface area (Å²) in [7, 11) is 0.